The summed E-state index contributed by atoms with van der Waals surface area (Å²) in [6.07, 6.45) is 10.4. The van der Waals surface area contributed by atoms with E-state index in [1.54, 1.807) is 6.20 Å². The molecule has 1 unspecified atom stereocenters. The highest BCUT2D eigenvalue weighted by molar-refractivity contribution is 9.10. The van der Waals surface area contributed by atoms with Crippen molar-refractivity contribution in [3.05, 3.63) is 28.5 Å². The molecule has 1 N–H and O–H groups in total. The number of halogens is 1. The second-order valence-corrected chi connectivity index (χ2v) is 5.60. The Morgan fingerprint density at radius 2 is 2.06 bits per heavy atom. The summed E-state index contributed by atoms with van der Waals surface area (Å²) in [7, 11) is 0. The molecule has 1 saturated carbocycles. The Morgan fingerprint density at radius 1 is 1.31 bits per heavy atom. The number of aliphatic hydroxyl groups is 1. The van der Waals surface area contributed by atoms with E-state index >= 15 is 0 Å². The van der Waals surface area contributed by atoms with E-state index < -0.39 is 0 Å². The van der Waals surface area contributed by atoms with E-state index in [9.17, 15) is 5.11 Å². The van der Waals surface area contributed by atoms with E-state index in [2.05, 4.69) is 20.9 Å². The van der Waals surface area contributed by atoms with Crippen LogP contribution in [0.1, 0.15) is 37.7 Å². The molecule has 2 nitrogen and oxygen atoms in total. The highest BCUT2D eigenvalue weighted by Gasteiger charge is 2.21. The van der Waals surface area contributed by atoms with Gasteiger partial charge in [0, 0.05) is 23.3 Å². The molecule has 0 spiro atoms. The average Bonchev–Trinajstić information content (AvgIpc) is 2.30. The summed E-state index contributed by atoms with van der Waals surface area (Å²) in [6.45, 7) is 0. The Labute approximate surface area is 105 Å². The van der Waals surface area contributed by atoms with Crippen LogP contribution in [-0.4, -0.2) is 16.2 Å². The third-order valence-corrected chi connectivity index (χ3v) is 3.83. The molecule has 0 bridgehead atoms. The number of aliphatic hydroxyl groups excluding tert-OH is 1. The van der Waals surface area contributed by atoms with E-state index in [4.69, 9.17) is 0 Å². The summed E-state index contributed by atoms with van der Waals surface area (Å²) in [5.41, 5.74) is 1.12. The Kier molecular flexibility index (Phi) is 4.36. The lowest BCUT2D eigenvalue weighted by molar-refractivity contribution is 0.0850. The first-order valence-corrected chi connectivity index (χ1v) is 6.82. The fraction of sp³-hybridized carbons (Fsp3) is 0.615. The largest absolute Gasteiger partial charge is 0.392 e. The zero-order chi connectivity index (χ0) is 11.4. The van der Waals surface area contributed by atoms with E-state index in [0.717, 1.165) is 16.5 Å². The number of hydrogen-bond acceptors (Lipinski definition) is 2. The molecule has 0 radical (unpaired) electrons. The lowest BCUT2D eigenvalue weighted by Gasteiger charge is -2.26. The van der Waals surface area contributed by atoms with E-state index in [1.807, 2.05) is 12.3 Å². The lowest BCUT2D eigenvalue weighted by atomic mass is 9.83. The van der Waals surface area contributed by atoms with Crippen LogP contribution in [0.3, 0.4) is 0 Å². The van der Waals surface area contributed by atoms with Gasteiger partial charge in [-0.15, -0.1) is 0 Å². The second-order valence-electron chi connectivity index (χ2n) is 4.68. The summed E-state index contributed by atoms with van der Waals surface area (Å²) in [4.78, 5) is 4.12. The lowest BCUT2D eigenvalue weighted by Crippen LogP contribution is -2.25. The third-order valence-electron chi connectivity index (χ3n) is 3.40. The van der Waals surface area contributed by atoms with Crippen LogP contribution in [0.4, 0.5) is 0 Å². The molecule has 1 heterocycles. The van der Waals surface area contributed by atoms with Gasteiger partial charge in [0.05, 0.1) is 6.10 Å². The Morgan fingerprint density at radius 3 is 2.75 bits per heavy atom. The minimum Gasteiger partial charge on any atom is -0.392 e. The molecule has 0 aliphatic heterocycles. The third kappa shape index (κ3) is 3.29. The van der Waals surface area contributed by atoms with Crippen molar-refractivity contribution in [2.24, 2.45) is 5.92 Å². The first-order valence-electron chi connectivity index (χ1n) is 6.03. The number of rotatable bonds is 3. The molecule has 0 amide bonds. The van der Waals surface area contributed by atoms with Crippen LogP contribution in [0.2, 0.25) is 0 Å². The first-order chi connectivity index (χ1) is 7.75. The van der Waals surface area contributed by atoms with Gasteiger partial charge in [-0.25, -0.2) is 0 Å². The van der Waals surface area contributed by atoms with Gasteiger partial charge in [0.2, 0.25) is 0 Å². The van der Waals surface area contributed by atoms with Gasteiger partial charge < -0.3 is 5.11 Å². The summed E-state index contributed by atoms with van der Waals surface area (Å²) in [6, 6.07) is 2.04. The average molecular weight is 284 g/mol. The Hall–Kier alpha value is -0.410. The molecule has 0 saturated heterocycles. The first kappa shape index (κ1) is 12.1. The molecule has 0 aromatic carbocycles. The fourth-order valence-electron chi connectivity index (χ4n) is 2.49. The maximum absolute atomic E-state index is 10.2. The second kappa shape index (κ2) is 5.78. The minimum atomic E-state index is -0.198. The van der Waals surface area contributed by atoms with Gasteiger partial charge in [-0.1, -0.05) is 19.3 Å². The van der Waals surface area contributed by atoms with Gasteiger partial charge in [-0.2, -0.15) is 0 Å². The molecular formula is C13H18BrNO. The Bertz CT molecular complexity index is 336. The number of hydrogen-bond donors (Lipinski definition) is 1. The standard InChI is InChI=1S/C13H18BrNO/c14-12-6-10(8-15-9-12)7-13(16)11-4-2-1-3-5-11/h6,8-9,11,13,16H,1-5,7H2. The molecule has 1 aromatic rings. The van der Waals surface area contributed by atoms with Crippen molar-refractivity contribution in [3.8, 4) is 0 Å². The molecule has 1 aliphatic carbocycles. The molecule has 16 heavy (non-hydrogen) atoms. The van der Waals surface area contributed by atoms with Gasteiger partial charge in [-0.05, 0) is 46.3 Å². The van der Waals surface area contributed by atoms with Gasteiger partial charge in [0.1, 0.15) is 0 Å². The molecular weight excluding hydrogens is 266 g/mol. The maximum Gasteiger partial charge on any atom is 0.0609 e. The molecule has 1 aliphatic rings. The van der Waals surface area contributed by atoms with Crippen LogP contribution in [0.25, 0.3) is 0 Å². The molecule has 1 atom stereocenters. The number of nitrogens with zero attached hydrogens (tertiary/aromatic N) is 1. The van der Waals surface area contributed by atoms with Crippen molar-refractivity contribution < 1.29 is 5.11 Å². The maximum atomic E-state index is 10.2. The van der Waals surface area contributed by atoms with Gasteiger partial charge in [-0.3, -0.25) is 4.98 Å². The molecule has 1 fully saturated rings. The zero-order valence-electron chi connectivity index (χ0n) is 9.40. The van der Waals surface area contributed by atoms with Crippen molar-refractivity contribution in [2.45, 2.75) is 44.6 Å². The smallest absolute Gasteiger partial charge is 0.0609 e. The highest BCUT2D eigenvalue weighted by atomic mass is 79.9. The van der Waals surface area contributed by atoms with Gasteiger partial charge in [0.25, 0.3) is 0 Å². The fourth-order valence-corrected chi connectivity index (χ4v) is 2.91. The van der Waals surface area contributed by atoms with Crippen molar-refractivity contribution >= 4 is 15.9 Å². The monoisotopic (exact) mass is 283 g/mol. The summed E-state index contributed by atoms with van der Waals surface area (Å²) in [5.74, 6) is 0.493. The molecule has 3 heteroatoms. The molecule has 88 valence electrons. The van der Waals surface area contributed by atoms with Crippen LogP contribution >= 0.6 is 15.9 Å². The normalized spacial score (nSPS) is 19.6. The number of aromatic nitrogens is 1. The zero-order valence-corrected chi connectivity index (χ0v) is 11.0. The van der Waals surface area contributed by atoms with Crippen LogP contribution in [0, 0.1) is 5.92 Å². The van der Waals surface area contributed by atoms with E-state index in [1.165, 1.54) is 32.1 Å². The predicted molar refractivity (Wildman–Crippen MR) is 68.2 cm³/mol. The Balaban J connectivity index is 1.93. The van der Waals surface area contributed by atoms with E-state index in [0.29, 0.717) is 5.92 Å². The van der Waals surface area contributed by atoms with Crippen molar-refractivity contribution in [3.63, 3.8) is 0 Å². The van der Waals surface area contributed by atoms with E-state index in [-0.39, 0.29) is 6.10 Å². The van der Waals surface area contributed by atoms with Crippen molar-refractivity contribution in [1.82, 2.24) is 4.98 Å². The van der Waals surface area contributed by atoms with Gasteiger partial charge in [0.15, 0.2) is 0 Å². The predicted octanol–water partition coefficient (Wildman–Crippen LogP) is 3.33. The quantitative estimate of drug-likeness (QED) is 0.923. The van der Waals surface area contributed by atoms with Crippen LogP contribution in [0.5, 0.6) is 0 Å². The summed E-state index contributed by atoms with van der Waals surface area (Å²) < 4.78 is 0.987. The van der Waals surface area contributed by atoms with Crippen molar-refractivity contribution in [2.75, 3.05) is 0 Å². The SMILES string of the molecule is OC(Cc1cncc(Br)c1)C1CCCCC1. The topological polar surface area (TPSA) is 33.1 Å². The molecule has 1 aromatic heterocycles. The van der Waals surface area contributed by atoms with Crippen molar-refractivity contribution in [1.29, 1.82) is 0 Å². The van der Waals surface area contributed by atoms with Crippen LogP contribution in [-0.2, 0) is 6.42 Å². The molecule has 2 rings (SSSR count). The van der Waals surface area contributed by atoms with Crippen LogP contribution < -0.4 is 0 Å². The van der Waals surface area contributed by atoms with Gasteiger partial charge >= 0.3 is 0 Å². The summed E-state index contributed by atoms with van der Waals surface area (Å²) in [5, 5.41) is 10.2. The minimum absolute atomic E-state index is 0.198. The van der Waals surface area contributed by atoms with Crippen LogP contribution in [0.15, 0.2) is 22.9 Å². The number of pyridine rings is 1. The summed E-state index contributed by atoms with van der Waals surface area (Å²) >= 11 is 3.40. The highest BCUT2D eigenvalue weighted by Crippen LogP contribution is 2.28.